The zero-order valence-corrected chi connectivity index (χ0v) is 13.6. The predicted molar refractivity (Wildman–Crippen MR) is 88.9 cm³/mol. The van der Waals surface area contributed by atoms with Crippen LogP contribution in [0, 0.1) is 12.7 Å². The molecule has 1 amide bonds. The highest BCUT2D eigenvalue weighted by molar-refractivity contribution is 6.10. The molecule has 1 heterocycles. The van der Waals surface area contributed by atoms with Gasteiger partial charge in [-0.05, 0) is 36.2 Å². The highest BCUT2D eigenvalue weighted by Crippen LogP contribution is 2.32. The lowest BCUT2D eigenvalue weighted by atomic mass is 10.1. The van der Waals surface area contributed by atoms with Crippen LogP contribution in [-0.4, -0.2) is 18.8 Å². The van der Waals surface area contributed by atoms with Gasteiger partial charge in [-0.15, -0.1) is 0 Å². The average Bonchev–Trinajstić information content (AvgIpc) is 2.69. The summed E-state index contributed by atoms with van der Waals surface area (Å²) in [5.41, 5.74) is 2.24. The molecule has 0 bridgehead atoms. The number of fused-ring (bicyclic) bond motifs is 1. The Morgan fingerprint density at radius 2 is 1.92 bits per heavy atom. The fourth-order valence-electron chi connectivity index (χ4n) is 2.81. The van der Waals surface area contributed by atoms with Crippen LogP contribution < -0.4 is 9.64 Å². The minimum absolute atomic E-state index is 0.0708. The van der Waals surface area contributed by atoms with Gasteiger partial charge in [0.15, 0.2) is 5.78 Å². The fourth-order valence-corrected chi connectivity index (χ4v) is 2.81. The second-order valence-corrected chi connectivity index (χ2v) is 5.87. The Hall–Kier alpha value is -2.69. The lowest BCUT2D eigenvalue weighted by Crippen LogP contribution is -2.29. The van der Waals surface area contributed by atoms with Crippen molar-refractivity contribution < 1.29 is 18.7 Å². The van der Waals surface area contributed by atoms with E-state index in [0.29, 0.717) is 28.1 Å². The number of halogens is 1. The van der Waals surface area contributed by atoms with Crippen LogP contribution in [0.25, 0.3) is 0 Å². The van der Waals surface area contributed by atoms with E-state index in [1.165, 1.54) is 18.1 Å². The summed E-state index contributed by atoms with van der Waals surface area (Å²) >= 11 is 0. The molecule has 0 spiro atoms. The summed E-state index contributed by atoms with van der Waals surface area (Å²) < 4.78 is 19.0. The highest BCUT2D eigenvalue weighted by atomic mass is 19.1. The Kier molecular flexibility index (Phi) is 4.34. The number of Topliss-reactive ketones (excluding diaryl/α,β-unsaturated/α-hetero) is 1. The Balaban J connectivity index is 2.04. The SMILES string of the molecule is COc1ccc2c(c1)N(Cc1ccc(C)c(F)c1)C(=O)CCC2=O. The lowest BCUT2D eigenvalue weighted by molar-refractivity contribution is -0.118. The van der Waals surface area contributed by atoms with Crippen molar-refractivity contribution in [3.05, 3.63) is 58.9 Å². The van der Waals surface area contributed by atoms with Crippen LogP contribution in [-0.2, 0) is 11.3 Å². The molecule has 2 aromatic carbocycles. The molecule has 1 aliphatic heterocycles. The van der Waals surface area contributed by atoms with Crippen LogP contribution in [0.15, 0.2) is 36.4 Å². The van der Waals surface area contributed by atoms with E-state index in [-0.39, 0.29) is 36.9 Å². The maximum atomic E-state index is 13.8. The van der Waals surface area contributed by atoms with Gasteiger partial charge in [-0.1, -0.05) is 12.1 Å². The first-order valence-electron chi connectivity index (χ1n) is 7.76. The minimum atomic E-state index is -0.309. The number of hydrogen-bond acceptors (Lipinski definition) is 3. The van der Waals surface area contributed by atoms with Gasteiger partial charge in [0.2, 0.25) is 5.91 Å². The molecule has 0 N–H and O–H groups in total. The zero-order chi connectivity index (χ0) is 17.3. The van der Waals surface area contributed by atoms with E-state index in [9.17, 15) is 14.0 Å². The summed E-state index contributed by atoms with van der Waals surface area (Å²) in [7, 11) is 1.53. The maximum Gasteiger partial charge on any atom is 0.227 e. The van der Waals surface area contributed by atoms with Crippen LogP contribution in [0.4, 0.5) is 10.1 Å². The molecule has 24 heavy (non-hydrogen) atoms. The molecule has 0 aromatic heterocycles. The van der Waals surface area contributed by atoms with Crippen molar-refractivity contribution in [3.63, 3.8) is 0 Å². The quantitative estimate of drug-likeness (QED) is 0.864. The first kappa shape index (κ1) is 16.2. The number of methoxy groups -OCH3 is 1. The van der Waals surface area contributed by atoms with Crippen molar-refractivity contribution in [2.45, 2.75) is 26.3 Å². The van der Waals surface area contributed by atoms with E-state index in [4.69, 9.17) is 4.74 Å². The largest absolute Gasteiger partial charge is 0.497 e. The van der Waals surface area contributed by atoms with Crippen molar-refractivity contribution in [3.8, 4) is 5.75 Å². The van der Waals surface area contributed by atoms with Gasteiger partial charge >= 0.3 is 0 Å². The van der Waals surface area contributed by atoms with Gasteiger partial charge < -0.3 is 9.64 Å². The number of carbonyl (C=O) groups excluding carboxylic acids is 2. The van der Waals surface area contributed by atoms with Gasteiger partial charge in [0.1, 0.15) is 11.6 Å². The van der Waals surface area contributed by atoms with Gasteiger partial charge in [-0.2, -0.15) is 0 Å². The Morgan fingerprint density at radius 1 is 1.12 bits per heavy atom. The molecule has 0 saturated carbocycles. The van der Waals surface area contributed by atoms with Crippen LogP contribution in [0.3, 0.4) is 0 Å². The molecular formula is C19H18FNO3. The molecule has 0 unspecified atom stereocenters. The van der Waals surface area contributed by atoms with E-state index < -0.39 is 0 Å². The van der Waals surface area contributed by atoms with Crippen LogP contribution in [0.2, 0.25) is 0 Å². The van der Waals surface area contributed by atoms with Crippen molar-refractivity contribution >= 4 is 17.4 Å². The highest BCUT2D eigenvalue weighted by Gasteiger charge is 2.27. The topological polar surface area (TPSA) is 46.6 Å². The number of ether oxygens (including phenoxy) is 1. The third-order valence-corrected chi connectivity index (χ3v) is 4.24. The first-order chi connectivity index (χ1) is 11.5. The normalized spacial score (nSPS) is 14.4. The number of nitrogens with zero attached hydrogens (tertiary/aromatic N) is 1. The third-order valence-electron chi connectivity index (χ3n) is 4.24. The lowest BCUT2D eigenvalue weighted by Gasteiger charge is -2.23. The van der Waals surface area contributed by atoms with Crippen LogP contribution in [0.5, 0.6) is 5.75 Å². The molecule has 0 saturated heterocycles. The van der Waals surface area contributed by atoms with E-state index >= 15 is 0 Å². The van der Waals surface area contributed by atoms with Crippen LogP contribution in [0.1, 0.15) is 34.3 Å². The third kappa shape index (κ3) is 3.02. The summed E-state index contributed by atoms with van der Waals surface area (Å²) in [5.74, 6) is 0.0305. The smallest absolute Gasteiger partial charge is 0.227 e. The van der Waals surface area contributed by atoms with E-state index in [1.807, 2.05) is 0 Å². The summed E-state index contributed by atoms with van der Waals surface area (Å²) in [4.78, 5) is 26.3. The van der Waals surface area contributed by atoms with E-state index in [2.05, 4.69) is 0 Å². The molecule has 0 atom stereocenters. The molecule has 4 nitrogen and oxygen atoms in total. The summed E-state index contributed by atoms with van der Waals surface area (Å²) in [6.07, 6.45) is 0.321. The fraction of sp³-hybridized carbons (Fsp3) is 0.263. The molecule has 3 rings (SSSR count). The van der Waals surface area contributed by atoms with Crippen LogP contribution >= 0.6 is 0 Å². The van der Waals surface area contributed by atoms with Crippen molar-refractivity contribution in [1.82, 2.24) is 0 Å². The molecule has 0 aliphatic carbocycles. The number of hydrogen-bond donors (Lipinski definition) is 0. The molecule has 124 valence electrons. The second-order valence-electron chi connectivity index (χ2n) is 5.87. The molecule has 0 fully saturated rings. The van der Waals surface area contributed by atoms with Gasteiger partial charge in [-0.3, -0.25) is 9.59 Å². The summed E-state index contributed by atoms with van der Waals surface area (Å²) in [5, 5.41) is 0. The predicted octanol–water partition coefficient (Wildman–Crippen LogP) is 3.65. The van der Waals surface area contributed by atoms with Crippen molar-refractivity contribution in [2.24, 2.45) is 0 Å². The van der Waals surface area contributed by atoms with Crippen molar-refractivity contribution in [2.75, 3.05) is 12.0 Å². The van der Waals surface area contributed by atoms with Crippen molar-refractivity contribution in [1.29, 1.82) is 0 Å². The monoisotopic (exact) mass is 327 g/mol. The molecular weight excluding hydrogens is 309 g/mol. The van der Waals surface area contributed by atoms with Gasteiger partial charge in [0.25, 0.3) is 0 Å². The van der Waals surface area contributed by atoms with Gasteiger partial charge in [-0.25, -0.2) is 4.39 Å². The molecule has 0 radical (unpaired) electrons. The minimum Gasteiger partial charge on any atom is -0.497 e. The summed E-state index contributed by atoms with van der Waals surface area (Å²) in [6.45, 7) is 1.90. The molecule has 1 aliphatic rings. The van der Waals surface area contributed by atoms with E-state index in [1.54, 1.807) is 37.3 Å². The average molecular weight is 327 g/mol. The summed E-state index contributed by atoms with van der Waals surface area (Å²) in [6, 6.07) is 9.97. The Bertz CT molecular complexity index is 816. The number of anilines is 1. The van der Waals surface area contributed by atoms with Gasteiger partial charge in [0.05, 0.1) is 19.3 Å². The number of rotatable bonds is 3. The standard InChI is InChI=1S/C19H18FNO3/c1-12-3-4-13(9-16(12)20)11-21-17-10-14(24-2)5-6-15(17)18(22)7-8-19(21)23/h3-6,9-10H,7-8,11H2,1-2H3. The Labute approximate surface area is 139 Å². The maximum absolute atomic E-state index is 13.8. The number of benzene rings is 2. The molecule has 5 heteroatoms. The molecule has 2 aromatic rings. The zero-order valence-electron chi connectivity index (χ0n) is 13.6. The second kappa shape index (κ2) is 6.43. The number of aryl methyl sites for hydroxylation is 1. The van der Waals surface area contributed by atoms with E-state index in [0.717, 1.165) is 0 Å². The Morgan fingerprint density at radius 3 is 2.62 bits per heavy atom. The first-order valence-corrected chi connectivity index (χ1v) is 7.76. The van der Waals surface area contributed by atoms with Gasteiger partial charge in [0, 0.05) is 24.5 Å². The number of amides is 1. The number of carbonyl (C=O) groups is 2. The number of ketones is 1.